The molecule has 4 nitrogen and oxygen atoms in total. The van der Waals surface area contributed by atoms with Crippen molar-refractivity contribution in [1.29, 1.82) is 0 Å². The zero-order valence-corrected chi connectivity index (χ0v) is 11.1. The molecule has 0 bridgehead atoms. The normalized spacial score (nSPS) is 10.5. The molecule has 19 heavy (non-hydrogen) atoms. The van der Waals surface area contributed by atoms with E-state index in [-0.39, 0.29) is 5.78 Å². The lowest BCUT2D eigenvalue weighted by Gasteiger charge is -2.12. The molecular weight excluding hydrogens is 242 g/mol. The molecule has 2 rings (SSSR count). The van der Waals surface area contributed by atoms with Gasteiger partial charge < -0.3 is 15.2 Å². The van der Waals surface area contributed by atoms with Crippen LogP contribution in [0.5, 0.6) is 11.5 Å². The van der Waals surface area contributed by atoms with Crippen molar-refractivity contribution in [2.45, 2.75) is 6.42 Å². The van der Waals surface area contributed by atoms with Crippen LogP contribution in [0.15, 0.2) is 30.3 Å². The molecule has 0 amide bonds. The van der Waals surface area contributed by atoms with Crippen molar-refractivity contribution in [3.8, 4) is 11.5 Å². The lowest BCUT2D eigenvalue weighted by Crippen LogP contribution is -2.10. The summed E-state index contributed by atoms with van der Waals surface area (Å²) in [6.07, 6.45) is 0.298. The zero-order valence-electron chi connectivity index (χ0n) is 11.1. The van der Waals surface area contributed by atoms with Gasteiger partial charge in [0.2, 0.25) is 0 Å². The van der Waals surface area contributed by atoms with Gasteiger partial charge >= 0.3 is 0 Å². The predicted octanol–water partition coefficient (Wildman–Crippen LogP) is 2.39. The van der Waals surface area contributed by atoms with Crippen molar-refractivity contribution in [2.24, 2.45) is 5.73 Å². The SMILES string of the molecule is COc1ccc2ccc(OC)c(C(=O)CCN)c2c1. The number of hydrogen-bond donors (Lipinski definition) is 1. The number of benzene rings is 2. The number of fused-ring (bicyclic) bond motifs is 1. The fourth-order valence-corrected chi connectivity index (χ4v) is 2.12. The second-order valence-electron chi connectivity index (χ2n) is 4.19. The molecule has 0 atom stereocenters. The molecule has 2 N–H and O–H groups in total. The number of carbonyl (C=O) groups is 1. The van der Waals surface area contributed by atoms with Gasteiger partial charge in [0.05, 0.1) is 19.8 Å². The van der Waals surface area contributed by atoms with E-state index in [0.29, 0.717) is 30.0 Å². The van der Waals surface area contributed by atoms with Crippen LogP contribution < -0.4 is 15.2 Å². The summed E-state index contributed by atoms with van der Waals surface area (Å²) in [6, 6.07) is 9.37. The van der Waals surface area contributed by atoms with E-state index in [1.54, 1.807) is 20.3 Å². The van der Waals surface area contributed by atoms with Gasteiger partial charge in [-0.2, -0.15) is 0 Å². The molecule has 100 valence electrons. The van der Waals surface area contributed by atoms with Crippen molar-refractivity contribution in [3.63, 3.8) is 0 Å². The third-order valence-electron chi connectivity index (χ3n) is 3.06. The van der Waals surface area contributed by atoms with Gasteiger partial charge in [0.15, 0.2) is 5.78 Å². The van der Waals surface area contributed by atoms with E-state index in [1.165, 1.54) is 0 Å². The molecule has 0 unspecified atom stereocenters. The van der Waals surface area contributed by atoms with Crippen LogP contribution in [0.4, 0.5) is 0 Å². The predicted molar refractivity (Wildman–Crippen MR) is 75.1 cm³/mol. The van der Waals surface area contributed by atoms with Crippen LogP contribution in [0.2, 0.25) is 0 Å². The Labute approximate surface area is 112 Å². The maximum absolute atomic E-state index is 12.2. The number of carbonyl (C=O) groups excluding carboxylic acids is 1. The van der Waals surface area contributed by atoms with E-state index in [2.05, 4.69) is 0 Å². The Morgan fingerprint density at radius 3 is 2.53 bits per heavy atom. The maximum atomic E-state index is 12.2. The molecule has 4 heteroatoms. The zero-order chi connectivity index (χ0) is 13.8. The highest BCUT2D eigenvalue weighted by Gasteiger charge is 2.16. The minimum atomic E-state index is -0.0156. The average molecular weight is 259 g/mol. The lowest BCUT2D eigenvalue weighted by atomic mass is 9.98. The minimum Gasteiger partial charge on any atom is -0.497 e. The summed E-state index contributed by atoms with van der Waals surface area (Å²) in [5.41, 5.74) is 6.05. The molecule has 0 aliphatic carbocycles. The number of nitrogens with two attached hydrogens (primary N) is 1. The van der Waals surface area contributed by atoms with E-state index >= 15 is 0 Å². The molecular formula is C15H17NO3. The quantitative estimate of drug-likeness (QED) is 0.837. The third-order valence-corrected chi connectivity index (χ3v) is 3.06. The highest BCUT2D eigenvalue weighted by atomic mass is 16.5. The van der Waals surface area contributed by atoms with Crippen LogP contribution in [-0.2, 0) is 0 Å². The van der Waals surface area contributed by atoms with Crippen molar-refractivity contribution in [2.75, 3.05) is 20.8 Å². The number of Topliss-reactive ketones (excluding diaryl/α,β-unsaturated/α-hetero) is 1. The number of rotatable bonds is 5. The van der Waals surface area contributed by atoms with Gasteiger partial charge in [-0.25, -0.2) is 0 Å². The molecule has 0 saturated heterocycles. The summed E-state index contributed by atoms with van der Waals surface area (Å²) in [5, 5.41) is 1.80. The summed E-state index contributed by atoms with van der Waals surface area (Å²) < 4.78 is 10.5. The van der Waals surface area contributed by atoms with Gasteiger partial charge in [0.25, 0.3) is 0 Å². The van der Waals surface area contributed by atoms with Gasteiger partial charge in [-0.05, 0) is 35.5 Å². The third kappa shape index (κ3) is 2.53. The Balaban J connectivity index is 2.70. The van der Waals surface area contributed by atoms with E-state index in [1.807, 2.05) is 24.3 Å². The van der Waals surface area contributed by atoms with E-state index < -0.39 is 0 Å². The Bertz CT molecular complexity index is 602. The van der Waals surface area contributed by atoms with Crippen molar-refractivity contribution in [1.82, 2.24) is 0 Å². The summed E-state index contributed by atoms with van der Waals surface area (Å²) in [4.78, 5) is 12.2. The van der Waals surface area contributed by atoms with Gasteiger partial charge in [-0.3, -0.25) is 4.79 Å². The highest BCUT2D eigenvalue weighted by molar-refractivity contribution is 6.10. The summed E-state index contributed by atoms with van der Waals surface area (Å²) in [7, 11) is 3.16. The molecule has 0 radical (unpaired) electrons. The number of ketones is 1. The van der Waals surface area contributed by atoms with Crippen molar-refractivity contribution < 1.29 is 14.3 Å². The van der Waals surface area contributed by atoms with Gasteiger partial charge in [0, 0.05) is 6.42 Å². The Morgan fingerprint density at radius 2 is 1.89 bits per heavy atom. The topological polar surface area (TPSA) is 61.5 Å². The first-order chi connectivity index (χ1) is 9.21. The second-order valence-corrected chi connectivity index (χ2v) is 4.19. The first-order valence-corrected chi connectivity index (χ1v) is 6.09. The Morgan fingerprint density at radius 1 is 1.16 bits per heavy atom. The lowest BCUT2D eigenvalue weighted by molar-refractivity contribution is 0.0984. The molecule has 2 aromatic rings. The van der Waals surface area contributed by atoms with Crippen LogP contribution in [0, 0.1) is 0 Å². The van der Waals surface area contributed by atoms with Crippen LogP contribution in [0.25, 0.3) is 10.8 Å². The van der Waals surface area contributed by atoms with Crippen LogP contribution in [0.3, 0.4) is 0 Å². The van der Waals surface area contributed by atoms with E-state index in [9.17, 15) is 4.79 Å². The van der Waals surface area contributed by atoms with Crippen molar-refractivity contribution >= 4 is 16.6 Å². The Kier molecular flexibility index (Phi) is 4.02. The molecule has 0 saturated carbocycles. The molecule has 0 aliphatic heterocycles. The maximum Gasteiger partial charge on any atom is 0.168 e. The van der Waals surface area contributed by atoms with Gasteiger partial charge in [-0.15, -0.1) is 0 Å². The number of ether oxygens (including phenoxy) is 2. The summed E-state index contributed by atoms with van der Waals surface area (Å²) in [6.45, 7) is 0.322. The molecule has 0 spiro atoms. The number of hydrogen-bond acceptors (Lipinski definition) is 4. The average Bonchev–Trinajstić information content (AvgIpc) is 2.45. The summed E-state index contributed by atoms with van der Waals surface area (Å²) in [5.74, 6) is 1.26. The van der Waals surface area contributed by atoms with Gasteiger partial charge in [-0.1, -0.05) is 12.1 Å². The number of methoxy groups -OCH3 is 2. The first kappa shape index (κ1) is 13.4. The van der Waals surface area contributed by atoms with E-state index in [0.717, 1.165) is 10.8 Å². The Hall–Kier alpha value is -2.07. The van der Waals surface area contributed by atoms with Crippen LogP contribution in [0.1, 0.15) is 16.8 Å². The molecule has 2 aromatic carbocycles. The first-order valence-electron chi connectivity index (χ1n) is 6.09. The minimum absolute atomic E-state index is 0.0156. The summed E-state index contributed by atoms with van der Waals surface area (Å²) >= 11 is 0. The second kappa shape index (κ2) is 5.71. The van der Waals surface area contributed by atoms with Crippen LogP contribution in [-0.4, -0.2) is 26.5 Å². The van der Waals surface area contributed by atoms with Gasteiger partial charge in [0.1, 0.15) is 11.5 Å². The standard InChI is InChI=1S/C15H17NO3/c1-18-11-5-3-10-4-6-14(19-2)15(12(10)9-11)13(17)7-8-16/h3-6,9H,7-8,16H2,1-2H3. The molecule has 0 heterocycles. The smallest absolute Gasteiger partial charge is 0.168 e. The molecule has 0 fully saturated rings. The van der Waals surface area contributed by atoms with Crippen LogP contribution >= 0.6 is 0 Å². The van der Waals surface area contributed by atoms with E-state index in [4.69, 9.17) is 15.2 Å². The monoisotopic (exact) mass is 259 g/mol. The fourth-order valence-electron chi connectivity index (χ4n) is 2.12. The largest absolute Gasteiger partial charge is 0.497 e. The van der Waals surface area contributed by atoms with Crippen molar-refractivity contribution in [3.05, 3.63) is 35.9 Å². The molecule has 0 aliphatic rings. The molecule has 0 aromatic heterocycles. The highest BCUT2D eigenvalue weighted by Crippen LogP contribution is 2.31. The fraction of sp³-hybridized carbons (Fsp3) is 0.267.